The van der Waals surface area contributed by atoms with E-state index in [1.165, 1.54) is 6.26 Å². The second-order valence-corrected chi connectivity index (χ2v) is 7.91. The van der Waals surface area contributed by atoms with E-state index in [-0.39, 0.29) is 6.04 Å². The molecule has 4 nitrogen and oxygen atoms in total. The molecule has 0 aliphatic rings. The van der Waals surface area contributed by atoms with Crippen LogP contribution in [0.4, 0.5) is 0 Å². The van der Waals surface area contributed by atoms with E-state index in [0.29, 0.717) is 6.42 Å². The average molecular weight is 350 g/mol. The Bertz CT molecular complexity index is 531. The quantitative estimate of drug-likeness (QED) is 0.853. The zero-order valence-electron chi connectivity index (χ0n) is 11.6. The molecule has 108 valence electrons. The first-order chi connectivity index (χ1) is 8.79. The third kappa shape index (κ3) is 4.47. The maximum atomic E-state index is 11.7. The van der Waals surface area contributed by atoms with Crippen LogP contribution in [0.15, 0.2) is 22.7 Å². The van der Waals surface area contributed by atoms with Crippen molar-refractivity contribution >= 4 is 25.8 Å². The fourth-order valence-electron chi connectivity index (χ4n) is 1.94. The highest BCUT2D eigenvalue weighted by molar-refractivity contribution is 9.10. The number of nitrogens with one attached hydrogen (secondary N) is 1. The molecule has 2 unspecified atom stereocenters. The fourth-order valence-corrected chi connectivity index (χ4v) is 3.18. The largest absolute Gasteiger partial charge is 0.496 e. The second kappa shape index (κ2) is 6.72. The topological polar surface area (TPSA) is 55.4 Å². The van der Waals surface area contributed by atoms with Gasteiger partial charge in [0, 0.05) is 16.8 Å². The molecule has 0 saturated heterocycles. The normalized spacial score (nSPS) is 15.0. The smallest absolute Gasteiger partial charge is 0.151 e. The number of likely N-dealkylation sites (N-methyl/N-ethyl adjacent to an activating group) is 1. The van der Waals surface area contributed by atoms with Gasteiger partial charge in [0.2, 0.25) is 0 Å². The summed E-state index contributed by atoms with van der Waals surface area (Å²) in [7, 11) is 0.308. The third-order valence-electron chi connectivity index (χ3n) is 3.30. The van der Waals surface area contributed by atoms with Crippen molar-refractivity contribution in [1.82, 2.24) is 5.32 Å². The number of rotatable bonds is 6. The number of halogens is 1. The highest BCUT2D eigenvalue weighted by Crippen LogP contribution is 2.25. The molecular formula is C13H20BrNO3S. The number of sulfone groups is 1. The van der Waals surface area contributed by atoms with Crippen LogP contribution in [0.1, 0.15) is 12.5 Å². The zero-order chi connectivity index (χ0) is 14.6. The first kappa shape index (κ1) is 16.5. The van der Waals surface area contributed by atoms with Crippen molar-refractivity contribution < 1.29 is 13.2 Å². The van der Waals surface area contributed by atoms with E-state index >= 15 is 0 Å². The Morgan fingerprint density at radius 1 is 1.42 bits per heavy atom. The molecule has 1 rings (SSSR count). The molecule has 0 fully saturated rings. The maximum absolute atomic E-state index is 11.7. The predicted molar refractivity (Wildman–Crippen MR) is 81.6 cm³/mol. The summed E-state index contributed by atoms with van der Waals surface area (Å²) in [5, 5.41) is 2.62. The van der Waals surface area contributed by atoms with E-state index in [9.17, 15) is 8.42 Å². The molecule has 0 heterocycles. The average Bonchev–Trinajstić information content (AvgIpc) is 2.34. The Hall–Kier alpha value is -0.590. The minimum absolute atomic E-state index is 0.154. The molecule has 0 radical (unpaired) electrons. The van der Waals surface area contributed by atoms with Crippen LogP contribution in [0.25, 0.3) is 0 Å². The second-order valence-electron chi connectivity index (χ2n) is 4.59. The summed E-state index contributed by atoms with van der Waals surface area (Å²) in [5.41, 5.74) is 0.978. The van der Waals surface area contributed by atoms with E-state index < -0.39 is 15.1 Å². The van der Waals surface area contributed by atoms with E-state index in [1.807, 2.05) is 18.2 Å². The molecule has 1 aromatic carbocycles. The fraction of sp³-hybridized carbons (Fsp3) is 0.538. The van der Waals surface area contributed by atoms with Crippen LogP contribution in [0, 0.1) is 0 Å². The van der Waals surface area contributed by atoms with Gasteiger partial charge >= 0.3 is 0 Å². The molecule has 0 spiro atoms. The van der Waals surface area contributed by atoms with Gasteiger partial charge in [0.05, 0.1) is 12.4 Å². The van der Waals surface area contributed by atoms with Gasteiger partial charge in [-0.2, -0.15) is 0 Å². The Morgan fingerprint density at radius 2 is 2.05 bits per heavy atom. The summed E-state index contributed by atoms with van der Waals surface area (Å²) in [6.07, 6.45) is 1.85. The molecule has 2 atom stereocenters. The lowest BCUT2D eigenvalue weighted by Gasteiger charge is -2.23. The lowest BCUT2D eigenvalue weighted by Crippen LogP contribution is -2.42. The van der Waals surface area contributed by atoms with Crippen LogP contribution < -0.4 is 10.1 Å². The van der Waals surface area contributed by atoms with Crippen LogP contribution in [0.3, 0.4) is 0 Å². The first-order valence-electron chi connectivity index (χ1n) is 5.98. The summed E-state index contributed by atoms with van der Waals surface area (Å²) in [6.45, 7) is 1.72. The number of hydrogen-bond acceptors (Lipinski definition) is 4. The van der Waals surface area contributed by atoms with Crippen LogP contribution in [0.2, 0.25) is 0 Å². The van der Waals surface area contributed by atoms with Gasteiger partial charge in [0.1, 0.15) is 5.75 Å². The number of benzene rings is 1. The van der Waals surface area contributed by atoms with Crippen molar-refractivity contribution in [3.63, 3.8) is 0 Å². The Kier molecular flexibility index (Phi) is 5.82. The van der Waals surface area contributed by atoms with Crippen LogP contribution in [0.5, 0.6) is 5.75 Å². The molecule has 0 aliphatic heterocycles. The summed E-state index contributed by atoms with van der Waals surface area (Å²) in [6, 6.07) is 5.57. The van der Waals surface area contributed by atoms with Crippen LogP contribution in [-0.2, 0) is 16.3 Å². The molecule has 1 N–H and O–H groups in total. The monoisotopic (exact) mass is 349 g/mol. The van der Waals surface area contributed by atoms with Gasteiger partial charge in [0.25, 0.3) is 0 Å². The molecule has 0 saturated carbocycles. The summed E-state index contributed by atoms with van der Waals surface area (Å²) < 4.78 is 29.6. The van der Waals surface area contributed by atoms with E-state index in [0.717, 1.165) is 15.8 Å². The molecule has 0 amide bonds. The summed E-state index contributed by atoms with van der Waals surface area (Å²) in [4.78, 5) is 0. The number of methoxy groups -OCH3 is 1. The first-order valence-corrected chi connectivity index (χ1v) is 8.73. The number of hydrogen-bond donors (Lipinski definition) is 1. The zero-order valence-corrected chi connectivity index (χ0v) is 14.0. The van der Waals surface area contributed by atoms with Crippen LogP contribution in [-0.4, -0.2) is 40.1 Å². The molecule has 6 heteroatoms. The standard InChI is InChI=1S/C13H20BrNO3S/c1-9(19(4,16)17)12(15-2)8-10-7-11(14)5-6-13(10)18-3/h5-7,9,12,15H,8H2,1-4H3. The lowest BCUT2D eigenvalue weighted by molar-refractivity contribution is 0.405. The molecule has 0 bridgehead atoms. The van der Waals surface area contributed by atoms with Crippen molar-refractivity contribution in [3.8, 4) is 5.75 Å². The Morgan fingerprint density at radius 3 is 2.53 bits per heavy atom. The van der Waals surface area contributed by atoms with E-state index in [2.05, 4.69) is 21.2 Å². The van der Waals surface area contributed by atoms with Crippen molar-refractivity contribution in [2.75, 3.05) is 20.4 Å². The third-order valence-corrected chi connectivity index (χ3v) is 5.47. The Labute approximate surface area is 123 Å². The van der Waals surface area contributed by atoms with Gasteiger partial charge in [-0.25, -0.2) is 8.42 Å². The minimum Gasteiger partial charge on any atom is -0.496 e. The molecule has 19 heavy (non-hydrogen) atoms. The predicted octanol–water partition coefficient (Wildman–Crippen LogP) is 2.02. The maximum Gasteiger partial charge on any atom is 0.151 e. The van der Waals surface area contributed by atoms with Crippen molar-refractivity contribution in [2.45, 2.75) is 24.6 Å². The van der Waals surface area contributed by atoms with Gasteiger partial charge in [0.15, 0.2) is 9.84 Å². The SMILES string of the molecule is CNC(Cc1cc(Br)ccc1OC)C(C)S(C)(=O)=O. The molecule has 0 aliphatic carbocycles. The highest BCUT2D eigenvalue weighted by atomic mass is 79.9. The van der Waals surface area contributed by atoms with Crippen molar-refractivity contribution in [2.24, 2.45) is 0 Å². The highest BCUT2D eigenvalue weighted by Gasteiger charge is 2.25. The van der Waals surface area contributed by atoms with Gasteiger partial charge in [-0.3, -0.25) is 0 Å². The molecule has 1 aromatic rings. The van der Waals surface area contributed by atoms with Gasteiger partial charge in [-0.15, -0.1) is 0 Å². The van der Waals surface area contributed by atoms with Crippen molar-refractivity contribution in [1.29, 1.82) is 0 Å². The molecule has 0 aromatic heterocycles. The lowest BCUT2D eigenvalue weighted by atomic mass is 10.0. The van der Waals surface area contributed by atoms with Gasteiger partial charge < -0.3 is 10.1 Å². The summed E-state index contributed by atoms with van der Waals surface area (Å²) in [5.74, 6) is 0.768. The van der Waals surface area contributed by atoms with E-state index in [1.54, 1.807) is 21.1 Å². The van der Waals surface area contributed by atoms with Crippen LogP contribution >= 0.6 is 15.9 Å². The van der Waals surface area contributed by atoms with Gasteiger partial charge in [-0.1, -0.05) is 15.9 Å². The summed E-state index contributed by atoms with van der Waals surface area (Å²) >= 11 is 3.42. The Balaban J connectivity index is 3.02. The van der Waals surface area contributed by atoms with Crippen molar-refractivity contribution in [3.05, 3.63) is 28.2 Å². The van der Waals surface area contributed by atoms with Gasteiger partial charge in [-0.05, 0) is 44.2 Å². The van der Waals surface area contributed by atoms with E-state index in [4.69, 9.17) is 4.74 Å². The molecular weight excluding hydrogens is 330 g/mol. The number of ether oxygens (including phenoxy) is 1. The minimum atomic E-state index is -3.08.